The summed E-state index contributed by atoms with van der Waals surface area (Å²) in [5.41, 5.74) is 0.894. The molecule has 3 rings (SSSR count). The summed E-state index contributed by atoms with van der Waals surface area (Å²) in [5.74, 6) is -0.943. The average molecular weight is 491 g/mol. The summed E-state index contributed by atoms with van der Waals surface area (Å²) in [7, 11) is -6.87. The molecule has 0 aromatic heterocycles. The molecule has 0 bridgehead atoms. The monoisotopic (exact) mass is 490 g/mol. The first kappa shape index (κ1) is 24.1. The first-order valence-electron chi connectivity index (χ1n) is 9.58. The molecule has 3 aromatic rings. The van der Waals surface area contributed by atoms with Gasteiger partial charge in [0.25, 0.3) is 20.0 Å². The summed E-state index contributed by atoms with van der Waals surface area (Å²) in [6, 6.07) is 14.2. The van der Waals surface area contributed by atoms with Crippen LogP contribution in [0.3, 0.4) is 0 Å². The van der Waals surface area contributed by atoms with Crippen LogP contribution in [0.5, 0.6) is 5.75 Å². The number of methoxy groups -OCH3 is 1. The number of anilines is 2. The Bertz CT molecular complexity index is 1430. The van der Waals surface area contributed by atoms with Gasteiger partial charge in [0.1, 0.15) is 5.75 Å². The molecule has 33 heavy (non-hydrogen) atoms. The van der Waals surface area contributed by atoms with Crippen molar-refractivity contribution in [2.75, 3.05) is 16.6 Å². The molecule has 0 unspecified atom stereocenters. The van der Waals surface area contributed by atoms with Gasteiger partial charge in [0.15, 0.2) is 0 Å². The van der Waals surface area contributed by atoms with Gasteiger partial charge < -0.3 is 9.84 Å². The van der Waals surface area contributed by atoms with E-state index < -0.39 is 26.0 Å². The van der Waals surface area contributed by atoms with E-state index in [1.807, 2.05) is 0 Å². The number of sulfonamides is 2. The Kier molecular flexibility index (Phi) is 6.65. The number of ether oxygens (including phenoxy) is 1. The standard InChI is InChI=1S/C22H22N2O7S2/c1-14-9-11-17(32(27,28)23-18-6-4-5-7-20(18)31-3)13-19(14)24-33(29,30)21-12-16(22(25)26)10-8-15(21)2/h4-13,23-24H,1-3H3,(H,25,26). The number of nitrogens with one attached hydrogen (secondary N) is 2. The van der Waals surface area contributed by atoms with Crippen molar-refractivity contribution >= 4 is 37.4 Å². The third-order valence-corrected chi connectivity index (χ3v) is 7.71. The van der Waals surface area contributed by atoms with Crippen molar-refractivity contribution < 1.29 is 31.5 Å². The first-order valence-corrected chi connectivity index (χ1v) is 12.5. The third-order valence-electron chi connectivity index (χ3n) is 4.84. The van der Waals surface area contributed by atoms with Crippen molar-refractivity contribution in [3.8, 4) is 5.75 Å². The van der Waals surface area contributed by atoms with E-state index in [0.29, 0.717) is 16.9 Å². The zero-order valence-electron chi connectivity index (χ0n) is 18.0. The van der Waals surface area contributed by atoms with Crippen LogP contribution in [-0.4, -0.2) is 35.0 Å². The van der Waals surface area contributed by atoms with Crippen LogP contribution in [0.4, 0.5) is 11.4 Å². The maximum absolute atomic E-state index is 13.0. The largest absolute Gasteiger partial charge is 0.495 e. The molecule has 3 aromatic carbocycles. The van der Waals surface area contributed by atoms with E-state index in [9.17, 15) is 26.7 Å². The summed E-state index contributed by atoms with van der Waals surface area (Å²) in [5, 5.41) is 9.19. The Morgan fingerprint density at radius 3 is 2.12 bits per heavy atom. The van der Waals surface area contributed by atoms with Crippen LogP contribution in [0.15, 0.2) is 70.5 Å². The predicted molar refractivity (Wildman–Crippen MR) is 124 cm³/mol. The van der Waals surface area contributed by atoms with E-state index in [0.717, 1.165) is 6.07 Å². The number of rotatable bonds is 8. The van der Waals surface area contributed by atoms with Gasteiger partial charge in [0.2, 0.25) is 0 Å². The molecule has 0 radical (unpaired) electrons. The maximum Gasteiger partial charge on any atom is 0.335 e. The summed E-state index contributed by atoms with van der Waals surface area (Å²) >= 11 is 0. The maximum atomic E-state index is 13.0. The van der Waals surface area contributed by atoms with Crippen LogP contribution in [0.2, 0.25) is 0 Å². The molecule has 0 aliphatic heterocycles. The third kappa shape index (κ3) is 5.26. The molecular weight excluding hydrogens is 468 g/mol. The van der Waals surface area contributed by atoms with Gasteiger partial charge in [-0.3, -0.25) is 9.44 Å². The second-order valence-corrected chi connectivity index (χ2v) is 10.5. The van der Waals surface area contributed by atoms with E-state index in [1.54, 1.807) is 25.1 Å². The lowest BCUT2D eigenvalue weighted by Gasteiger charge is -2.15. The molecule has 0 saturated carbocycles. The van der Waals surface area contributed by atoms with E-state index in [1.165, 1.54) is 50.4 Å². The normalized spacial score (nSPS) is 11.6. The van der Waals surface area contributed by atoms with E-state index >= 15 is 0 Å². The minimum absolute atomic E-state index is 0.0398. The fraction of sp³-hybridized carbons (Fsp3) is 0.136. The van der Waals surface area contributed by atoms with Gasteiger partial charge in [-0.25, -0.2) is 21.6 Å². The lowest BCUT2D eigenvalue weighted by atomic mass is 10.1. The molecule has 0 aliphatic carbocycles. The topological polar surface area (TPSA) is 139 Å². The number of para-hydroxylation sites is 2. The summed E-state index contributed by atoms with van der Waals surface area (Å²) in [4.78, 5) is 10.9. The highest BCUT2D eigenvalue weighted by atomic mass is 32.2. The number of aromatic carboxylic acids is 1. The minimum atomic E-state index is -4.20. The highest BCUT2D eigenvalue weighted by Crippen LogP contribution is 2.29. The molecule has 0 spiro atoms. The lowest BCUT2D eigenvalue weighted by molar-refractivity contribution is 0.0696. The number of aryl methyl sites for hydroxylation is 2. The van der Waals surface area contributed by atoms with Crippen LogP contribution in [-0.2, 0) is 20.0 Å². The summed E-state index contributed by atoms with van der Waals surface area (Å²) in [6.45, 7) is 3.15. The quantitative estimate of drug-likeness (QED) is 0.438. The number of carboxylic acid groups (broad SMARTS) is 1. The molecule has 0 heterocycles. The Hall–Kier alpha value is -3.57. The van der Waals surface area contributed by atoms with Crippen LogP contribution >= 0.6 is 0 Å². The molecule has 0 aliphatic rings. The van der Waals surface area contributed by atoms with Crippen molar-refractivity contribution in [1.29, 1.82) is 0 Å². The first-order chi connectivity index (χ1) is 15.4. The molecule has 3 N–H and O–H groups in total. The number of carboxylic acids is 1. The lowest BCUT2D eigenvalue weighted by Crippen LogP contribution is -2.17. The average Bonchev–Trinajstić information content (AvgIpc) is 2.75. The molecular formula is C22H22N2O7S2. The molecule has 0 fully saturated rings. The van der Waals surface area contributed by atoms with E-state index in [4.69, 9.17) is 4.74 Å². The van der Waals surface area contributed by atoms with Gasteiger partial charge in [-0.1, -0.05) is 24.3 Å². The van der Waals surface area contributed by atoms with E-state index in [-0.39, 0.29) is 26.7 Å². The van der Waals surface area contributed by atoms with Crippen molar-refractivity contribution in [3.05, 3.63) is 77.4 Å². The Labute approximate surface area is 192 Å². The van der Waals surface area contributed by atoms with Gasteiger partial charge in [-0.2, -0.15) is 0 Å². The molecule has 11 heteroatoms. The Balaban J connectivity index is 1.98. The van der Waals surface area contributed by atoms with Crippen LogP contribution in [0.1, 0.15) is 21.5 Å². The van der Waals surface area contributed by atoms with Gasteiger partial charge in [-0.05, 0) is 61.4 Å². The van der Waals surface area contributed by atoms with Gasteiger partial charge >= 0.3 is 5.97 Å². The summed E-state index contributed by atoms with van der Waals surface area (Å²) in [6.07, 6.45) is 0. The smallest absolute Gasteiger partial charge is 0.335 e. The van der Waals surface area contributed by atoms with Gasteiger partial charge in [0.05, 0.1) is 33.8 Å². The Morgan fingerprint density at radius 2 is 1.45 bits per heavy atom. The van der Waals surface area contributed by atoms with Crippen LogP contribution < -0.4 is 14.2 Å². The van der Waals surface area contributed by atoms with Gasteiger partial charge in [-0.15, -0.1) is 0 Å². The van der Waals surface area contributed by atoms with Crippen molar-refractivity contribution in [1.82, 2.24) is 0 Å². The second kappa shape index (κ2) is 9.12. The van der Waals surface area contributed by atoms with E-state index in [2.05, 4.69) is 9.44 Å². The SMILES string of the molecule is COc1ccccc1NS(=O)(=O)c1ccc(C)c(NS(=O)(=O)c2cc(C(=O)O)ccc2C)c1. The minimum Gasteiger partial charge on any atom is -0.495 e. The zero-order chi connectivity index (χ0) is 24.4. The van der Waals surface area contributed by atoms with Crippen molar-refractivity contribution in [2.24, 2.45) is 0 Å². The number of benzene rings is 3. The fourth-order valence-electron chi connectivity index (χ4n) is 3.03. The molecule has 0 amide bonds. The summed E-state index contributed by atoms with van der Waals surface area (Å²) < 4.78 is 61.8. The number of carbonyl (C=O) groups is 1. The van der Waals surface area contributed by atoms with Crippen LogP contribution in [0, 0.1) is 13.8 Å². The van der Waals surface area contributed by atoms with Crippen LogP contribution in [0.25, 0.3) is 0 Å². The van der Waals surface area contributed by atoms with Gasteiger partial charge in [0, 0.05) is 0 Å². The molecule has 0 saturated heterocycles. The zero-order valence-corrected chi connectivity index (χ0v) is 19.6. The highest BCUT2D eigenvalue weighted by Gasteiger charge is 2.22. The fourth-order valence-corrected chi connectivity index (χ4v) is 5.52. The van der Waals surface area contributed by atoms with Crippen molar-refractivity contribution in [3.63, 3.8) is 0 Å². The highest BCUT2D eigenvalue weighted by molar-refractivity contribution is 7.93. The Morgan fingerprint density at radius 1 is 0.818 bits per heavy atom. The number of hydrogen-bond acceptors (Lipinski definition) is 6. The molecule has 174 valence electrons. The predicted octanol–water partition coefficient (Wildman–Crippen LogP) is 3.61. The molecule has 9 nitrogen and oxygen atoms in total. The second-order valence-electron chi connectivity index (χ2n) is 7.17. The number of hydrogen-bond donors (Lipinski definition) is 3. The van der Waals surface area contributed by atoms with Crippen molar-refractivity contribution in [2.45, 2.75) is 23.6 Å². The molecule has 0 atom stereocenters.